The molecule has 1 nitrogen and oxygen atoms in total. The predicted octanol–water partition coefficient (Wildman–Crippen LogP) is 2.10. The SMILES string of the molecule is Cc1ncc([B-](F)(F)F)cc1Cl. The Morgan fingerprint density at radius 1 is 1.42 bits per heavy atom. The van der Waals surface area contributed by atoms with Crippen molar-refractivity contribution in [3.63, 3.8) is 0 Å². The van der Waals surface area contributed by atoms with Gasteiger partial charge in [0.15, 0.2) is 0 Å². The van der Waals surface area contributed by atoms with Gasteiger partial charge in [-0.15, -0.1) is 0 Å². The van der Waals surface area contributed by atoms with E-state index in [9.17, 15) is 12.9 Å². The van der Waals surface area contributed by atoms with E-state index >= 15 is 0 Å². The Bertz CT molecular complexity index is 299. The van der Waals surface area contributed by atoms with Crippen LogP contribution in [0.15, 0.2) is 12.3 Å². The van der Waals surface area contributed by atoms with Gasteiger partial charge in [-0.25, -0.2) is 0 Å². The van der Waals surface area contributed by atoms with Crippen LogP contribution in [-0.2, 0) is 0 Å². The Balaban J connectivity index is 3.14. The highest BCUT2D eigenvalue weighted by Gasteiger charge is 2.26. The zero-order valence-corrected chi connectivity index (χ0v) is 6.95. The second kappa shape index (κ2) is 2.97. The maximum absolute atomic E-state index is 12.1. The molecule has 0 spiro atoms. The Kier molecular flexibility index (Phi) is 2.33. The van der Waals surface area contributed by atoms with Crippen LogP contribution in [0, 0.1) is 6.92 Å². The number of rotatable bonds is 1. The molecule has 0 aromatic carbocycles. The van der Waals surface area contributed by atoms with Gasteiger partial charge < -0.3 is 12.9 Å². The molecule has 0 aliphatic carbocycles. The summed E-state index contributed by atoms with van der Waals surface area (Å²) < 4.78 is 36.2. The van der Waals surface area contributed by atoms with Crippen molar-refractivity contribution in [1.29, 1.82) is 0 Å². The molecule has 0 bridgehead atoms. The monoisotopic (exact) mass is 194 g/mol. The number of aryl methyl sites for hydroxylation is 1. The van der Waals surface area contributed by atoms with Crippen molar-refractivity contribution < 1.29 is 12.9 Å². The van der Waals surface area contributed by atoms with Gasteiger partial charge in [-0.2, -0.15) is 0 Å². The summed E-state index contributed by atoms with van der Waals surface area (Å²) in [6.45, 7) is -3.43. The fraction of sp³-hybridized carbons (Fsp3) is 0.167. The van der Waals surface area contributed by atoms with Crippen LogP contribution >= 0.6 is 11.6 Å². The quantitative estimate of drug-likeness (QED) is 0.624. The van der Waals surface area contributed by atoms with Crippen LogP contribution in [0.25, 0.3) is 0 Å². The molecule has 1 heterocycles. The van der Waals surface area contributed by atoms with E-state index in [1.54, 1.807) is 6.92 Å². The molecule has 66 valence electrons. The van der Waals surface area contributed by atoms with Crippen molar-refractivity contribution in [2.45, 2.75) is 6.92 Å². The summed E-state index contributed by atoms with van der Waals surface area (Å²) in [5.74, 6) is 0. The van der Waals surface area contributed by atoms with Gasteiger partial charge in [0.05, 0.1) is 10.7 Å². The third-order valence-electron chi connectivity index (χ3n) is 1.42. The normalized spacial score (nSPS) is 11.8. The highest BCUT2D eigenvalue weighted by molar-refractivity contribution is 6.73. The molecule has 0 saturated carbocycles. The smallest absolute Gasteiger partial charge is 0.445 e. The maximum Gasteiger partial charge on any atom is 0.511 e. The van der Waals surface area contributed by atoms with E-state index in [1.807, 2.05) is 0 Å². The van der Waals surface area contributed by atoms with Crippen LogP contribution in [0.3, 0.4) is 0 Å². The molecule has 0 aliphatic heterocycles. The number of pyridine rings is 1. The molecular formula is C6H5BClF3N-. The molecule has 1 rings (SSSR count). The van der Waals surface area contributed by atoms with Gasteiger partial charge in [0, 0.05) is 6.20 Å². The van der Waals surface area contributed by atoms with Crippen molar-refractivity contribution in [2.24, 2.45) is 0 Å². The number of hydrogen-bond donors (Lipinski definition) is 0. The van der Waals surface area contributed by atoms with Gasteiger partial charge in [0.1, 0.15) is 0 Å². The summed E-state index contributed by atoms with van der Waals surface area (Å²) in [5, 5.41) is 0.0479. The molecule has 0 amide bonds. The third-order valence-corrected chi connectivity index (χ3v) is 1.81. The first-order chi connectivity index (χ1) is 5.41. The number of hydrogen-bond acceptors (Lipinski definition) is 1. The van der Waals surface area contributed by atoms with E-state index in [1.165, 1.54) is 0 Å². The molecule has 0 atom stereocenters. The minimum absolute atomic E-state index is 0.0479. The lowest BCUT2D eigenvalue weighted by Crippen LogP contribution is -2.34. The molecule has 6 heteroatoms. The lowest BCUT2D eigenvalue weighted by molar-refractivity contribution is 0.500. The molecule has 0 unspecified atom stereocenters. The van der Waals surface area contributed by atoms with Crippen LogP contribution in [0.5, 0.6) is 0 Å². The fourth-order valence-electron chi connectivity index (χ4n) is 0.700. The van der Waals surface area contributed by atoms with Gasteiger partial charge in [0.25, 0.3) is 0 Å². The summed E-state index contributed by atoms with van der Waals surface area (Å²) in [7, 11) is 0. The van der Waals surface area contributed by atoms with Crippen molar-refractivity contribution >= 4 is 24.0 Å². The van der Waals surface area contributed by atoms with E-state index in [4.69, 9.17) is 11.6 Å². The average Bonchev–Trinajstić information content (AvgIpc) is 1.92. The van der Waals surface area contributed by atoms with Crippen LogP contribution in [0.2, 0.25) is 5.02 Å². The van der Waals surface area contributed by atoms with Crippen molar-refractivity contribution in [3.05, 3.63) is 23.0 Å². The molecule has 1 aromatic heterocycles. The highest BCUT2D eigenvalue weighted by Crippen LogP contribution is 2.14. The lowest BCUT2D eigenvalue weighted by Gasteiger charge is -2.14. The van der Waals surface area contributed by atoms with Gasteiger partial charge in [-0.3, -0.25) is 4.98 Å². The number of nitrogens with zero attached hydrogens (tertiary/aromatic N) is 1. The summed E-state index contributed by atoms with van der Waals surface area (Å²) in [6, 6.07) is 0.893. The van der Waals surface area contributed by atoms with E-state index in [-0.39, 0.29) is 5.02 Å². The molecule has 0 fully saturated rings. The standard InChI is InChI=1S/C6H5BClF3N/c1-4-6(8)2-5(3-12-4)7(9,10)11/h2-3H,1H3/q-1. The largest absolute Gasteiger partial charge is 0.511 e. The zero-order valence-electron chi connectivity index (χ0n) is 6.19. The third kappa shape index (κ3) is 1.91. The van der Waals surface area contributed by atoms with Crippen LogP contribution < -0.4 is 5.46 Å². The summed E-state index contributed by atoms with van der Waals surface area (Å²) in [4.78, 5) is 3.51. The van der Waals surface area contributed by atoms with Crippen LogP contribution in [0.4, 0.5) is 12.9 Å². The van der Waals surface area contributed by atoms with Crippen LogP contribution in [0.1, 0.15) is 5.69 Å². The first-order valence-electron chi connectivity index (χ1n) is 3.23. The number of aromatic nitrogens is 1. The second-order valence-corrected chi connectivity index (χ2v) is 2.82. The average molecular weight is 194 g/mol. The van der Waals surface area contributed by atoms with Gasteiger partial charge in [-0.1, -0.05) is 23.1 Å². The zero-order chi connectivity index (χ0) is 9.35. The summed E-state index contributed by atoms with van der Waals surface area (Å²) in [6.07, 6.45) is 0.793. The van der Waals surface area contributed by atoms with Crippen molar-refractivity contribution in [3.8, 4) is 0 Å². The predicted molar refractivity (Wildman–Crippen MR) is 42.7 cm³/mol. The second-order valence-electron chi connectivity index (χ2n) is 2.41. The molecule has 12 heavy (non-hydrogen) atoms. The van der Waals surface area contributed by atoms with Crippen molar-refractivity contribution in [2.75, 3.05) is 0 Å². The Hall–Kier alpha value is -0.705. The molecular weight excluding hydrogens is 189 g/mol. The first kappa shape index (κ1) is 9.38. The van der Waals surface area contributed by atoms with E-state index in [2.05, 4.69) is 4.98 Å². The summed E-state index contributed by atoms with van der Waals surface area (Å²) >= 11 is 5.47. The molecule has 1 aromatic rings. The van der Waals surface area contributed by atoms with Gasteiger partial charge >= 0.3 is 6.98 Å². The molecule has 0 N–H and O–H groups in total. The summed E-state index contributed by atoms with van der Waals surface area (Å²) in [5.41, 5.74) is -0.355. The lowest BCUT2D eigenvalue weighted by atomic mass is 9.81. The van der Waals surface area contributed by atoms with E-state index in [0.29, 0.717) is 5.69 Å². The van der Waals surface area contributed by atoms with E-state index in [0.717, 1.165) is 12.3 Å². The molecule has 0 saturated heterocycles. The highest BCUT2D eigenvalue weighted by atomic mass is 35.5. The molecule has 0 aliphatic rings. The number of halogens is 4. The Morgan fingerprint density at radius 3 is 2.42 bits per heavy atom. The fourth-order valence-corrected chi connectivity index (χ4v) is 0.875. The van der Waals surface area contributed by atoms with Gasteiger partial charge in [0.2, 0.25) is 0 Å². The van der Waals surface area contributed by atoms with Crippen molar-refractivity contribution in [1.82, 2.24) is 4.98 Å². The Labute approximate surface area is 72.6 Å². The van der Waals surface area contributed by atoms with E-state index < -0.39 is 12.4 Å². The molecule has 0 radical (unpaired) electrons. The minimum Gasteiger partial charge on any atom is -0.445 e. The minimum atomic E-state index is -4.98. The topological polar surface area (TPSA) is 12.9 Å². The first-order valence-corrected chi connectivity index (χ1v) is 3.61. The Morgan fingerprint density at radius 2 is 2.00 bits per heavy atom. The van der Waals surface area contributed by atoms with Crippen LogP contribution in [-0.4, -0.2) is 12.0 Å². The van der Waals surface area contributed by atoms with Gasteiger partial charge in [-0.05, 0) is 6.92 Å². The maximum atomic E-state index is 12.1.